The summed E-state index contributed by atoms with van der Waals surface area (Å²) in [6.45, 7) is 5.65. The van der Waals surface area contributed by atoms with Gasteiger partial charge in [-0.05, 0) is 37.8 Å². The summed E-state index contributed by atoms with van der Waals surface area (Å²) in [6, 6.07) is 1.61. The van der Waals surface area contributed by atoms with Crippen molar-refractivity contribution in [3.63, 3.8) is 0 Å². The number of thioether (sulfide) groups is 1. The summed E-state index contributed by atoms with van der Waals surface area (Å²) in [5, 5.41) is 5.17. The molecular formula is C18H19N3O4S3. The molecule has 1 unspecified atom stereocenters. The monoisotopic (exact) mass is 437 g/mol. The van der Waals surface area contributed by atoms with Gasteiger partial charge in [-0.25, -0.2) is 9.78 Å². The van der Waals surface area contributed by atoms with E-state index >= 15 is 0 Å². The van der Waals surface area contributed by atoms with Crippen LogP contribution in [-0.4, -0.2) is 34.2 Å². The largest absolute Gasteiger partial charge is 0.465 e. The Labute approximate surface area is 173 Å². The number of amides is 1. The molecule has 0 aliphatic heterocycles. The van der Waals surface area contributed by atoms with Gasteiger partial charge in [0.25, 0.3) is 5.56 Å². The van der Waals surface area contributed by atoms with Crippen LogP contribution in [0.5, 0.6) is 0 Å². The lowest BCUT2D eigenvalue weighted by molar-refractivity contribution is -0.115. The highest BCUT2D eigenvalue weighted by Crippen LogP contribution is 2.28. The normalized spacial score (nSPS) is 12.1. The van der Waals surface area contributed by atoms with Crippen LogP contribution in [0.25, 0.3) is 10.2 Å². The Morgan fingerprint density at radius 2 is 2.14 bits per heavy atom. The molecule has 3 aromatic heterocycles. The van der Waals surface area contributed by atoms with Crippen LogP contribution in [0, 0.1) is 13.8 Å². The van der Waals surface area contributed by atoms with Crippen molar-refractivity contribution in [2.24, 2.45) is 0 Å². The highest BCUT2D eigenvalue weighted by molar-refractivity contribution is 7.99. The van der Waals surface area contributed by atoms with Crippen LogP contribution >= 0.6 is 34.4 Å². The lowest BCUT2D eigenvalue weighted by Crippen LogP contribution is -2.23. The number of carbonyl (C=O) groups excluding carboxylic acids is 2. The molecule has 148 valence electrons. The van der Waals surface area contributed by atoms with Gasteiger partial charge in [0.05, 0.1) is 29.1 Å². The number of aryl methyl sites for hydroxylation is 2. The third-order valence-corrected chi connectivity index (χ3v) is 7.32. The van der Waals surface area contributed by atoms with Crippen LogP contribution in [0.3, 0.4) is 0 Å². The Hall–Kier alpha value is -2.17. The van der Waals surface area contributed by atoms with E-state index in [1.54, 1.807) is 18.4 Å². The van der Waals surface area contributed by atoms with E-state index in [9.17, 15) is 14.4 Å². The van der Waals surface area contributed by atoms with Crippen molar-refractivity contribution in [1.82, 2.24) is 9.97 Å². The molecule has 2 N–H and O–H groups in total. The second kappa shape index (κ2) is 8.46. The van der Waals surface area contributed by atoms with E-state index in [1.807, 2.05) is 13.8 Å². The second-order valence-corrected chi connectivity index (χ2v) is 9.52. The Kier molecular flexibility index (Phi) is 6.21. The van der Waals surface area contributed by atoms with E-state index in [-0.39, 0.29) is 11.5 Å². The molecule has 0 radical (unpaired) electrons. The van der Waals surface area contributed by atoms with Gasteiger partial charge in [-0.15, -0.1) is 34.4 Å². The van der Waals surface area contributed by atoms with E-state index < -0.39 is 11.2 Å². The molecule has 0 aliphatic carbocycles. The molecule has 1 amide bonds. The van der Waals surface area contributed by atoms with Crippen LogP contribution < -0.4 is 10.9 Å². The van der Waals surface area contributed by atoms with E-state index in [4.69, 9.17) is 4.74 Å². The number of hydrogen-bond donors (Lipinski definition) is 2. The van der Waals surface area contributed by atoms with Crippen molar-refractivity contribution in [2.45, 2.75) is 31.8 Å². The maximum Gasteiger partial charge on any atom is 0.340 e. The van der Waals surface area contributed by atoms with Crippen LogP contribution in [0.15, 0.2) is 16.2 Å². The summed E-state index contributed by atoms with van der Waals surface area (Å²) in [5.74, 6) is 0.205. The molecule has 10 heteroatoms. The number of H-pyrrole nitrogens is 1. The number of esters is 1. The third-order valence-electron chi connectivity index (χ3n) is 4.23. The van der Waals surface area contributed by atoms with Crippen molar-refractivity contribution in [1.29, 1.82) is 0 Å². The number of carbonyl (C=O) groups is 2. The summed E-state index contributed by atoms with van der Waals surface area (Å²) in [5.41, 5.74) is 1.14. The first-order valence-corrected chi connectivity index (χ1v) is 11.1. The zero-order chi connectivity index (χ0) is 20.4. The standard InChI is InChI=1S/C18H19N3O4S3/c1-8-9(2)28-17-13(8)15(23)19-12(20-17)7-27-10(3)14(22)21-16-11(5-6-26-16)18(24)25-4/h5-6,10H,7H2,1-4H3,(H,21,22)(H,19,20,23). The van der Waals surface area contributed by atoms with E-state index in [1.165, 1.54) is 41.5 Å². The highest BCUT2D eigenvalue weighted by Gasteiger charge is 2.20. The molecule has 28 heavy (non-hydrogen) atoms. The SMILES string of the molecule is COC(=O)c1ccsc1NC(=O)C(C)SCc1nc2sc(C)c(C)c2c(=O)[nH]1. The van der Waals surface area contributed by atoms with Gasteiger partial charge in [-0.3, -0.25) is 9.59 Å². The molecule has 0 bridgehead atoms. The molecule has 7 nitrogen and oxygen atoms in total. The predicted octanol–water partition coefficient (Wildman–Crippen LogP) is 3.71. The second-order valence-electron chi connectivity index (χ2n) is 6.07. The minimum absolute atomic E-state index is 0.152. The molecular weight excluding hydrogens is 418 g/mol. The number of nitrogens with one attached hydrogen (secondary N) is 2. The lowest BCUT2D eigenvalue weighted by atomic mass is 10.2. The van der Waals surface area contributed by atoms with Gasteiger partial charge in [0.1, 0.15) is 15.7 Å². The molecule has 0 fully saturated rings. The summed E-state index contributed by atoms with van der Waals surface area (Å²) in [6.07, 6.45) is 0. The molecule has 3 rings (SSSR count). The summed E-state index contributed by atoms with van der Waals surface area (Å²) in [7, 11) is 1.30. The van der Waals surface area contributed by atoms with Gasteiger partial charge >= 0.3 is 5.97 Å². The minimum Gasteiger partial charge on any atom is -0.465 e. The Morgan fingerprint density at radius 3 is 2.86 bits per heavy atom. The number of thiophene rings is 2. The number of aromatic nitrogens is 2. The summed E-state index contributed by atoms with van der Waals surface area (Å²) >= 11 is 4.11. The molecule has 0 spiro atoms. The highest BCUT2D eigenvalue weighted by atomic mass is 32.2. The van der Waals surface area contributed by atoms with Crippen molar-refractivity contribution >= 4 is 61.5 Å². The number of methoxy groups -OCH3 is 1. The molecule has 3 heterocycles. The maximum atomic E-state index is 12.5. The summed E-state index contributed by atoms with van der Waals surface area (Å²) < 4.78 is 4.71. The first kappa shape index (κ1) is 20.6. The number of hydrogen-bond acceptors (Lipinski definition) is 8. The van der Waals surface area contributed by atoms with Gasteiger partial charge < -0.3 is 15.0 Å². The molecule has 0 saturated carbocycles. The smallest absolute Gasteiger partial charge is 0.340 e. The fourth-order valence-electron chi connectivity index (χ4n) is 2.54. The van der Waals surface area contributed by atoms with Crippen LogP contribution in [0.4, 0.5) is 5.00 Å². The minimum atomic E-state index is -0.492. The third kappa shape index (κ3) is 4.13. The maximum absolute atomic E-state index is 12.5. The van der Waals surface area contributed by atoms with Crippen molar-refractivity contribution in [2.75, 3.05) is 12.4 Å². The Bertz CT molecular complexity index is 1100. The predicted molar refractivity (Wildman–Crippen MR) is 115 cm³/mol. The van der Waals surface area contributed by atoms with E-state index in [2.05, 4.69) is 15.3 Å². The number of fused-ring (bicyclic) bond motifs is 1. The van der Waals surface area contributed by atoms with Gasteiger partial charge in [-0.2, -0.15) is 0 Å². The number of ether oxygens (including phenoxy) is 1. The van der Waals surface area contributed by atoms with Crippen LogP contribution in [0.1, 0.15) is 33.5 Å². The van der Waals surface area contributed by atoms with Gasteiger partial charge in [0.15, 0.2) is 0 Å². The first-order chi connectivity index (χ1) is 13.3. The lowest BCUT2D eigenvalue weighted by Gasteiger charge is -2.11. The zero-order valence-corrected chi connectivity index (χ0v) is 18.2. The fraction of sp³-hybridized carbons (Fsp3) is 0.333. The Morgan fingerprint density at radius 1 is 1.39 bits per heavy atom. The number of rotatable bonds is 6. The average molecular weight is 438 g/mol. The molecule has 3 aromatic rings. The summed E-state index contributed by atoms with van der Waals surface area (Å²) in [4.78, 5) is 45.6. The quantitative estimate of drug-likeness (QED) is 0.570. The number of anilines is 1. The molecule has 0 saturated heterocycles. The van der Waals surface area contributed by atoms with Crippen molar-refractivity contribution in [3.8, 4) is 0 Å². The van der Waals surface area contributed by atoms with E-state index in [0.29, 0.717) is 32.4 Å². The number of aromatic amines is 1. The van der Waals surface area contributed by atoms with Crippen LogP contribution in [-0.2, 0) is 15.3 Å². The van der Waals surface area contributed by atoms with Crippen molar-refractivity contribution in [3.05, 3.63) is 43.6 Å². The Balaban J connectivity index is 1.67. The fourth-order valence-corrected chi connectivity index (χ4v) is 5.12. The van der Waals surface area contributed by atoms with Gasteiger partial charge in [0, 0.05) is 4.88 Å². The van der Waals surface area contributed by atoms with Gasteiger partial charge in [0.2, 0.25) is 5.91 Å². The number of nitrogens with zero attached hydrogens (tertiary/aromatic N) is 1. The van der Waals surface area contributed by atoms with Crippen LogP contribution in [0.2, 0.25) is 0 Å². The first-order valence-electron chi connectivity index (χ1n) is 8.39. The topological polar surface area (TPSA) is 101 Å². The average Bonchev–Trinajstić information content (AvgIpc) is 3.23. The van der Waals surface area contributed by atoms with Crippen molar-refractivity contribution < 1.29 is 14.3 Å². The molecule has 0 aliphatic rings. The van der Waals surface area contributed by atoms with E-state index in [0.717, 1.165) is 10.4 Å². The molecule has 1 atom stereocenters. The molecule has 0 aromatic carbocycles. The zero-order valence-electron chi connectivity index (χ0n) is 15.7. The van der Waals surface area contributed by atoms with Gasteiger partial charge in [-0.1, -0.05) is 0 Å².